The van der Waals surface area contributed by atoms with Crippen molar-refractivity contribution in [2.75, 3.05) is 13.2 Å². The van der Waals surface area contributed by atoms with Crippen LogP contribution in [0.5, 0.6) is 0 Å². The van der Waals surface area contributed by atoms with Gasteiger partial charge < -0.3 is 35.8 Å². The fraction of sp³-hybridized carbons (Fsp3) is 0.645. The molecule has 12 heteroatoms. The first-order valence-electron chi connectivity index (χ1n) is 15.2. The highest BCUT2D eigenvalue weighted by Gasteiger charge is 2.35. The van der Waals surface area contributed by atoms with Gasteiger partial charge in [-0.2, -0.15) is 0 Å². The topological polar surface area (TPSA) is 172 Å². The van der Waals surface area contributed by atoms with E-state index in [4.69, 9.17) is 9.47 Å². The zero-order valence-electron chi connectivity index (χ0n) is 25.4. The summed E-state index contributed by atoms with van der Waals surface area (Å²) in [6.45, 7) is 4.82. The third kappa shape index (κ3) is 11.9. The van der Waals surface area contributed by atoms with Gasteiger partial charge in [0.15, 0.2) is 6.10 Å². The molecule has 1 saturated carbocycles. The molecule has 0 spiro atoms. The predicted molar refractivity (Wildman–Crippen MR) is 158 cm³/mol. The smallest absolute Gasteiger partial charge is 0.408 e. The molecule has 238 valence electrons. The second-order valence-corrected chi connectivity index (χ2v) is 12.3. The molecule has 4 amide bonds. The van der Waals surface area contributed by atoms with E-state index in [0.29, 0.717) is 6.42 Å². The van der Waals surface area contributed by atoms with Crippen LogP contribution in [0.15, 0.2) is 30.3 Å². The molecule has 5 N–H and O–H groups in total. The number of aliphatic hydroxyl groups is 1. The van der Waals surface area contributed by atoms with E-state index in [9.17, 15) is 29.1 Å². The van der Waals surface area contributed by atoms with E-state index >= 15 is 0 Å². The maximum atomic E-state index is 13.6. The van der Waals surface area contributed by atoms with Gasteiger partial charge in [-0.1, -0.05) is 62.4 Å². The normalized spacial score (nSPS) is 23.6. The van der Waals surface area contributed by atoms with Crippen LogP contribution >= 0.6 is 0 Å². The van der Waals surface area contributed by atoms with Gasteiger partial charge in [-0.25, -0.2) is 9.59 Å². The van der Waals surface area contributed by atoms with Crippen molar-refractivity contribution in [2.24, 2.45) is 5.92 Å². The number of hydrogen-bond donors (Lipinski definition) is 5. The van der Waals surface area contributed by atoms with Gasteiger partial charge in [-0.05, 0) is 45.1 Å². The van der Waals surface area contributed by atoms with Crippen LogP contribution in [-0.4, -0.2) is 77.9 Å². The Hall–Kier alpha value is -3.67. The molecule has 1 aromatic carbocycles. The van der Waals surface area contributed by atoms with Crippen molar-refractivity contribution in [3.63, 3.8) is 0 Å². The second-order valence-electron chi connectivity index (χ2n) is 12.3. The quantitative estimate of drug-likeness (QED) is 0.294. The van der Waals surface area contributed by atoms with Gasteiger partial charge in [0.25, 0.3) is 0 Å². The van der Waals surface area contributed by atoms with E-state index < -0.39 is 59.6 Å². The van der Waals surface area contributed by atoms with Crippen molar-refractivity contribution in [2.45, 2.75) is 108 Å². The Morgan fingerprint density at radius 3 is 2.44 bits per heavy atom. The van der Waals surface area contributed by atoms with Gasteiger partial charge >= 0.3 is 12.1 Å². The lowest BCUT2D eigenvalue weighted by atomic mass is 9.83. The van der Waals surface area contributed by atoms with Gasteiger partial charge in [0.05, 0.1) is 12.6 Å². The molecule has 2 aliphatic rings. The summed E-state index contributed by atoms with van der Waals surface area (Å²) in [7, 11) is 0. The number of ether oxygens (including phenoxy) is 2. The highest BCUT2D eigenvalue weighted by Crippen LogP contribution is 2.28. The van der Waals surface area contributed by atoms with E-state index in [1.165, 1.54) is 0 Å². The van der Waals surface area contributed by atoms with Crippen molar-refractivity contribution in [1.82, 2.24) is 21.3 Å². The molecule has 1 aliphatic heterocycles. The summed E-state index contributed by atoms with van der Waals surface area (Å²) >= 11 is 0. The first-order valence-corrected chi connectivity index (χ1v) is 15.2. The van der Waals surface area contributed by atoms with Gasteiger partial charge in [0.1, 0.15) is 17.7 Å². The van der Waals surface area contributed by atoms with Gasteiger partial charge in [0.2, 0.25) is 17.7 Å². The fourth-order valence-electron chi connectivity index (χ4n) is 5.28. The number of nitrogens with one attached hydrogen (secondary N) is 4. The predicted octanol–water partition coefficient (Wildman–Crippen LogP) is 1.88. The van der Waals surface area contributed by atoms with Crippen molar-refractivity contribution in [1.29, 1.82) is 0 Å². The summed E-state index contributed by atoms with van der Waals surface area (Å²) in [6, 6.07) is 5.74. The first kappa shape index (κ1) is 33.8. The number of esters is 1. The van der Waals surface area contributed by atoms with Crippen LogP contribution in [0, 0.1) is 5.92 Å². The summed E-state index contributed by atoms with van der Waals surface area (Å²) in [4.78, 5) is 64.9. The number of hydrogen-bond acceptors (Lipinski definition) is 8. The molecule has 43 heavy (non-hydrogen) atoms. The number of amides is 4. The Labute approximate surface area is 253 Å². The molecule has 0 bridgehead atoms. The summed E-state index contributed by atoms with van der Waals surface area (Å²) < 4.78 is 10.5. The Kier molecular flexibility index (Phi) is 12.8. The second kappa shape index (κ2) is 16.3. The molecule has 1 heterocycles. The SMILES string of the molecule is CC(C)(C)OC(=O)N[C@@H](Cc1ccccc1)C(=O)NC1CNC(=O)CCCOC(=O)[C@H](O)C(CC2CCCCC2)NC1=O. The van der Waals surface area contributed by atoms with Crippen LogP contribution in [0.2, 0.25) is 0 Å². The van der Waals surface area contributed by atoms with Crippen LogP contribution in [0.25, 0.3) is 0 Å². The van der Waals surface area contributed by atoms with Crippen LogP contribution in [0.3, 0.4) is 0 Å². The zero-order chi connectivity index (χ0) is 31.4. The van der Waals surface area contributed by atoms with E-state index in [-0.39, 0.29) is 38.3 Å². The Morgan fingerprint density at radius 2 is 1.77 bits per heavy atom. The van der Waals surface area contributed by atoms with Crippen LogP contribution < -0.4 is 21.3 Å². The van der Waals surface area contributed by atoms with Crippen molar-refractivity contribution in [3.8, 4) is 0 Å². The molecular formula is C31H46N4O8. The molecule has 0 radical (unpaired) electrons. The number of benzene rings is 1. The number of rotatable bonds is 7. The number of cyclic esters (lactones) is 1. The highest BCUT2D eigenvalue weighted by atomic mass is 16.6. The van der Waals surface area contributed by atoms with Crippen LogP contribution in [0.4, 0.5) is 4.79 Å². The maximum absolute atomic E-state index is 13.6. The number of carbonyl (C=O) groups is 5. The van der Waals surface area contributed by atoms with Crippen molar-refractivity contribution < 1.29 is 38.6 Å². The summed E-state index contributed by atoms with van der Waals surface area (Å²) in [6.07, 6.45) is 3.35. The molecule has 12 nitrogen and oxygen atoms in total. The first-order chi connectivity index (χ1) is 20.4. The average molecular weight is 603 g/mol. The van der Waals surface area contributed by atoms with E-state index in [1.807, 2.05) is 6.07 Å². The Morgan fingerprint density at radius 1 is 1.07 bits per heavy atom. The van der Waals surface area contributed by atoms with E-state index in [0.717, 1.165) is 37.7 Å². The molecule has 1 aliphatic carbocycles. The monoisotopic (exact) mass is 602 g/mol. The fourth-order valence-corrected chi connectivity index (χ4v) is 5.28. The minimum absolute atomic E-state index is 0.0218. The van der Waals surface area contributed by atoms with Crippen molar-refractivity contribution in [3.05, 3.63) is 35.9 Å². The molecule has 4 atom stereocenters. The summed E-state index contributed by atoms with van der Waals surface area (Å²) in [5.74, 6) is -2.41. The van der Waals surface area contributed by atoms with Crippen LogP contribution in [-0.2, 0) is 35.1 Å². The van der Waals surface area contributed by atoms with Crippen molar-refractivity contribution >= 4 is 29.8 Å². The largest absolute Gasteiger partial charge is 0.464 e. The Balaban J connectivity index is 1.82. The molecule has 1 aromatic rings. The summed E-state index contributed by atoms with van der Waals surface area (Å²) in [5.41, 5.74) is -0.0376. The number of aliphatic hydroxyl groups excluding tert-OH is 1. The minimum atomic E-state index is -1.61. The molecule has 1 saturated heterocycles. The number of alkyl carbamates (subject to hydrolysis) is 1. The van der Waals surface area contributed by atoms with Gasteiger partial charge in [-0.15, -0.1) is 0 Å². The van der Waals surface area contributed by atoms with E-state index in [1.54, 1.807) is 45.0 Å². The lowest BCUT2D eigenvalue weighted by molar-refractivity contribution is -0.156. The average Bonchev–Trinajstić information content (AvgIpc) is 2.96. The Bertz CT molecular complexity index is 1100. The third-order valence-electron chi connectivity index (χ3n) is 7.48. The molecule has 0 aromatic heterocycles. The van der Waals surface area contributed by atoms with Gasteiger partial charge in [0, 0.05) is 19.4 Å². The maximum Gasteiger partial charge on any atom is 0.408 e. The van der Waals surface area contributed by atoms with Crippen LogP contribution in [0.1, 0.15) is 77.7 Å². The van der Waals surface area contributed by atoms with E-state index in [2.05, 4.69) is 21.3 Å². The molecule has 2 unspecified atom stereocenters. The zero-order valence-corrected chi connectivity index (χ0v) is 25.4. The molecule has 3 rings (SSSR count). The molecule has 2 fully saturated rings. The standard InChI is InChI=1S/C31H46N4O8/c1-31(2,3)43-30(41)35-23(18-21-13-8-5-9-14-21)27(38)34-24-19-32-25(36)15-10-16-42-29(40)26(37)22(33-28(24)39)17-20-11-6-4-7-12-20/h5,8-9,13-14,20,22-24,26,37H,4,6-7,10-12,15-19H2,1-3H3,(H,32,36)(H,33,39)(H,34,38)(H,35,41)/t22?,23-,24?,26+/m0/s1. The summed E-state index contributed by atoms with van der Waals surface area (Å²) in [5, 5.41) is 21.5. The lowest BCUT2D eigenvalue weighted by Gasteiger charge is -2.31. The third-order valence-corrected chi connectivity index (χ3v) is 7.48. The minimum Gasteiger partial charge on any atom is -0.464 e. The number of carbonyl (C=O) groups excluding carboxylic acids is 5. The lowest BCUT2D eigenvalue weighted by Crippen LogP contribution is -2.60. The molecular weight excluding hydrogens is 556 g/mol. The van der Waals surface area contributed by atoms with Gasteiger partial charge in [-0.3, -0.25) is 14.4 Å². The highest BCUT2D eigenvalue weighted by molar-refractivity contribution is 5.92.